The molecule has 1 amide bonds. The lowest BCUT2D eigenvalue weighted by atomic mass is 10.1. The summed E-state index contributed by atoms with van der Waals surface area (Å²) >= 11 is 0. The molecular weight excluding hydrogens is 318 g/mol. The Bertz CT molecular complexity index is 914. The summed E-state index contributed by atoms with van der Waals surface area (Å²) < 4.78 is 5.23. The van der Waals surface area contributed by atoms with Gasteiger partial charge in [-0.05, 0) is 32.0 Å². The van der Waals surface area contributed by atoms with E-state index in [-0.39, 0.29) is 5.91 Å². The second-order valence-corrected chi connectivity index (χ2v) is 6.23. The third-order valence-electron chi connectivity index (χ3n) is 4.52. The lowest BCUT2D eigenvalue weighted by Crippen LogP contribution is -2.49. The number of amides is 1. The number of nitrogens with zero attached hydrogens (tertiary/aromatic N) is 5. The van der Waals surface area contributed by atoms with Crippen molar-refractivity contribution in [1.29, 1.82) is 0 Å². The van der Waals surface area contributed by atoms with Gasteiger partial charge in [-0.2, -0.15) is 0 Å². The molecular formula is C18H19N5O2. The number of fused-ring (bicyclic) bond motifs is 1. The van der Waals surface area contributed by atoms with Crippen molar-refractivity contribution >= 4 is 22.8 Å². The smallest absolute Gasteiger partial charge is 0.258 e. The Hall–Kier alpha value is -2.96. The highest BCUT2D eigenvalue weighted by molar-refractivity contribution is 6.06. The van der Waals surface area contributed by atoms with Crippen molar-refractivity contribution in [3.63, 3.8) is 0 Å². The number of carbonyl (C=O) groups is 1. The van der Waals surface area contributed by atoms with Crippen molar-refractivity contribution < 1.29 is 9.32 Å². The molecule has 1 fully saturated rings. The molecule has 3 aromatic heterocycles. The van der Waals surface area contributed by atoms with Crippen LogP contribution in [-0.2, 0) is 0 Å². The van der Waals surface area contributed by atoms with Crippen LogP contribution >= 0.6 is 0 Å². The molecule has 0 unspecified atom stereocenters. The third-order valence-corrected chi connectivity index (χ3v) is 4.52. The van der Waals surface area contributed by atoms with E-state index in [4.69, 9.17) is 4.52 Å². The zero-order valence-corrected chi connectivity index (χ0v) is 14.3. The Labute approximate surface area is 145 Å². The van der Waals surface area contributed by atoms with Crippen LogP contribution in [0.1, 0.15) is 21.7 Å². The van der Waals surface area contributed by atoms with Crippen LogP contribution in [0.2, 0.25) is 0 Å². The van der Waals surface area contributed by atoms with Crippen molar-refractivity contribution in [3.8, 4) is 0 Å². The predicted molar refractivity (Wildman–Crippen MR) is 93.6 cm³/mol. The third kappa shape index (κ3) is 2.82. The molecule has 7 heteroatoms. The molecule has 4 heterocycles. The quantitative estimate of drug-likeness (QED) is 0.713. The summed E-state index contributed by atoms with van der Waals surface area (Å²) in [6.07, 6.45) is 1.79. The van der Waals surface area contributed by atoms with Crippen LogP contribution in [0, 0.1) is 13.8 Å². The Kier molecular flexibility index (Phi) is 3.83. The summed E-state index contributed by atoms with van der Waals surface area (Å²) in [5.74, 6) is 0.953. The Balaban J connectivity index is 1.56. The van der Waals surface area contributed by atoms with Gasteiger partial charge in [0.1, 0.15) is 5.82 Å². The standard InChI is InChI=1S/C18H19N5O2/c1-12-11-14(16-13(2)21-25-17(16)20-12)18(24)23-9-7-22(8-10-23)15-5-3-4-6-19-15/h3-6,11H,7-10H2,1-2H3. The monoisotopic (exact) mass is 337 g/mol. The molecule has 0 spiro atoms. The van der Waals surface area contributed by atoms with Crippen LogP contribution in [0.3, 0.4) is 0 Å². The molecule has 25 heavy (non-hydrogen) atoms. The van der Waals surface area contributed by atoms with Gasteiger partial charge in [-0.3, -0.25) is 4.79 Å². The SMILES string of the molecule is Cc1cc(C(=O)N2CCN(c3ccccn3)CC2)c2c(C)noc2n1. The van der Waals surface area contributed by atoms with E-state index in [9.17, 15) is 4.79 Å². The van der Waals surface area contributed by atoms with E-state index in [2.05, 4.69) is 20.0 Å². The van der Waals surface area contributed by atoms with E-state index < -0.39 is 0 Å². The van der Waals surface area contributed by atoms with Gasteiger partial charge in [-0.25, -0.2) is 9.97 Å². The molecule has 0 aromatic carbocycles. The zero-order chi connectivity index (χ0) is 17.4. The maximum atomic E-state index is 13.1. The molecule has 1 aliphatic rings. The average molecular weight is 337 g/mol. The van der Waals surface area contributed by atoms with Crippen LogP contribution in [0.4, 0.5) is 5.82 Å². The van der Waals surface area contributed by atoms with Crippen LogP contribution in [-0.4, -0.2) is 52.1 Å². The summed E-state index contributed by atoms with van der Waals surface area (Å²) in [5, 5.41) is 4.66. The summed E-state index contributed by atoms with van der Waals surface area (Å²) in [4.78, 5) is 25.8. The number of piperazine rings is 1. The van der Waals surface area contributed by atoms with Gasteiger partial charge >= 0.3 is 0 Å². The normalized spacial score (nSPS) is 15.0. The first-order valence-corrected chi connectivity index (χ1v) is 8.32. The minimum absolute atomic E-state index is 0.00229. The van der Waals surface area contributed by atoms with Gasteiger partial charge in [0.2, 0.25) is 0 Å². The topological polar surface area (TPSA) is 75.4 Å². The highest BCUT2D eigenvalue weighted by Crippen LogP contribution is 2.24. The van der Waals surface area contributed by atoms with Gasteiger partial charge in [0, 0.05) is 38.1 Å². The lowest BCUT2D eigenvalue weighted by molar-refractivity contribution is 0.0748. The summed E-state index contributed by atoms with van der Waals surface area (Å²) in [6.45, 7) is 6.52. The van der Waals surface area contributed by atoms with E-state index in [1.807, 2.05) is 43.0 Å². The first kappa shape index (κ1) is 15.6. The first-order chi connectivity index (χ1) is 12.1. The van der Waals surface area contributed by atoms with E-state index >= 15 is 0 Å². The number of pyridine rings is 2. The Morgan fingerprint density at radius 2 is 1.96 bits per heavy atom. The number of anilines is 1. The van der Waals surface area contributed by atoms with Crippen molar-refractivity contribution in [2.24, 2.45) is 0 Å². The van der Waals surface area contributed by atoms with Crippen LogP contribution in [0.15, 0.2) is 35.0 Å². The van der Waals surface area contributed by atoms with Gasteiger partial charge in [-0.1, -0.05) is 11.2 Å². The van der Waals surface area contributed by atoms with Crippen LogP contribution < -0.4 is 4.90 Å². The molecule has 128 valence electrons. The second kappa shape index (κ2) is 6.16. The van der Waals surface area contributed by atoms with E-state index in [1.54, 1.807) is 6.20 Å². The molecule has 1 aliphatic heterocycles. The molecule has 0 bridgehead atoms. The Morgan fingerprint density at radius 1 is 1.16 bits per heavy atom. The van der Waals surface area contributed by atoms with E-state index in [0.717, 1.165) is 24.6 Å². The maximum absolute atomic E-state index is 13.1. The first-order valence-electron chi connectivity index (χ1n) is 8.32. The number of aromatic nitrogens is 3. The number of aryl methyl sites for hydroxylation is 2. The molecule has 7 nitrogen and oxygen atoms in total. The summed E-state index contributed by atoms with van der Waals surface area (Å²) in [7, 11) is 0. The summed E-state index contributed by atoms with van der Waals surface area (Å²) in [5.41, 5.74) is 2.48. The van der Waals surface area contributed by atoms with Gasteiger partial charge in [-0.15, -0.1) is 0 Å². The molecule has 3 aromatic rings. The van der Waals surface area contributed by atoms with Gasteiger partial charge in [0.15, 0.2) is 0 Å². The van der Waals surface area contributed by atoms with Gasteiger partial charge in [0.05, 0.1) is 16.6 Å². The lowest BCUT2D eigenvalue weighted by Gasteiger charge is -2.35. The Morgan fingerprint density at radius 3 is 2.68 bits per heavy atom. The fourth-order valence-corrected chi connectivity index (χ4v) is 3.24. The largest absolute Gasteiger partial charge is 0.353 e. The highest BCUT2D eigenvalue weighted by atomic mass is 16.5. The summed E-state index contributed by atoms with van der Waals surface area (Å²) in [6, 6.07) is 7.69. The molecule has 1 saturated heterocycles. The van der Waals surface area contributed by atoms with Crippen LogP contribution in [0.25, 0.3) is 11.1 Å². The maximum Gasteiger partial charge on any atom is 0.258 e. The van der Waals surface area contributed by atoms with Crippen molar-refractivity contribution in [2.45, 2.75) is 13.8 Å². The van der Waals surface area contributed by atoms with E-state index in [1.165, 1.54) is 0 Å². The molecule has 0 atom stereocenters. The van der Waals surface area contributed by atoms with E-state index in [0.29, 0.717) is 35.4 Å². The number of rotatable bonds is 2. The highest BCUT2D eigenvalue weighted by Gasteiger charge is 2.26. The molecule has 0 radical (unpaired) electrons. The fourth-order valence-electron chi connectivity index (χ4n) is 3.24. The molecule has 4 rings (SSSR count). The fraction of sp³-hybridized carbons (Fsp3) is 0.333. The van der Waals surface area contributed by atoms with Gasteiger partial charge in [0.25, 0.3) is 11.6 Å². The number of hydrogen-bond acceptors (Lipinski definition) is 6. The molecule has 0 aliphatic carbocycles. The van der Waals surface area contributed by atoms with Crippen molar-refractivity contribution in [2.75, 3.05) is 31.1 Å². The van der Waals surface area contributed by atoms with Gasteiger partial charge < -0.3 is 14.3 Å². The number of hydrogen-bond donors (Lipinski definition) is 0. The minimum atomic E-state index is 0.00229. The van der Waals surface area contributed by atoms with Crippen molar-refractivity contribution in [1.82, 2.24) is 20.0 Å². The number of carbonyl (C=O) groups excluding carboxylic acids is 1. The average Bonchev–Trinajstić information content (AvgIpc) is 3.02. The van der Waals surface area contributed by atoms with Crippen molar-refractivity contribution in [3.05, 3.63) is 47.4 Å². The zero-order valence-electron chi connectivity index (χ0n) is 14.3. The molecule has 0 saturated carbocycles. The minimum Gasteiger partial charge on any atom is -0.353 e. The van der Waals surface area contributed by atoms with Crippen LogP contribution in [0.5, 0.6) is 0 Å². The predicted octanol–water partition coefficient (Wildman–Crippen LogP) is 2.20. The molecule has 0 N–H and O–H groups in total. The second-order valence-electron chi connectivity index (χ2n) is 6.23.